The number of carbonyl (C=O) groups excluding carboxylic acids is 1. The Hall–Kier alpha value is -2.78. The molecular weight excluding hydrogens is 474 g/mol. The van der Waals surface area contributed by atoms with Crippen molar-refractivity contribution in [3.05, 3.63) is 82.9 Å². The average Bonchev–Trinajstić information content (AvgIpc) is 2.61. The second-order valence-electron chi connectivity index (χ2n) is 7.13. The quantitative estimate of drug-likeness (QED) is 0.417. The molecule has 0 bridgehead atoms. The van der Waals surface area contributed by atoms with Gasteiger partial charge in [-0.1, -0.05) is 25.4 Å². The van der Waals surface area contributed by atoms with Crippen LogP contribution in [0.25, 0.3) is 0 Å². The van der Waals surface area contributed by atoms with Gasteiger partial charge in [-0.2, -0.15) is 0 Å². The van der Waals surface area contributed by atoms with Gasteiger partial charge < -0.3 is 5.73 Å². The van der Waals surface area contributed by atoms with Crippen LogP contribution in [0.4, 0.5) is 5.82 Å². The number of hydrogen-bond acceptors (Lipinski definition) is 6. The summed E-state index contributed by atoms with van der Waals surface area (Å²) in [5.41, 5.74) is 5.87. The number of hydrogen-bond donors (Lipinski definition) is 2. The van der Waals surface area contributed by atoms with E-state index in [1.54, 1.807) is 39.0 Å². The van der Waals surface area contributed by atoms with E-state index < -0.39 is 17.0 Å². The standard InChI is InChI=1S/C20H19BrClN5O3/c1-9(2)16-17(18(28)13-7-12(22)4-10(3)24-13)27(20(30)26-19(16)29)8-11-5-14(21)25-15(23)6-11/h4-7,9H,8H2,1-3H3,(H2,23,25)(H,26,29,30). The lowest BCUT2D eigenvalue weighted by Gasteiger charge is -2.17. The molecule has 0 saturated carbocycles. The van der Waals surface area contributed by atoms with Crippen LogP contribution in [0.5, 0.6) is 0 Å². The van der Waals surface area contributed by atoms with E-state index in [1.165, 1.54) is 10.6 Å². The lowest BCUT2D eigenvalue weighted by molar-refractivity contribution is 0.102. The molecule has 0 aromatic carbocycles. The molecule has 10 heteroatoms. The largest absolute Gasteiger partial charge is 0.384 e. The molecule has 0 aliphatic heterocycles. The molecule has 8 nitrogen and oxygen atoms in total. The van der Waals surface area contributed by atoms with Gasteiger partial charge in [0.15, 0.2) is 0 Å². The maximum Gasteiger partial charge on any atom is 0.329 e. The van der Waals surface area contributed by atoms with E-state index >= 15 is 0 Å². The minimum Gasteiger partial charge on any atom is -0.384 e. The summed E-state index contributed by atoms with van der Waals surface area (Å²) in [5.74, 6) is -0.636. The summed E-state index contributed by atoms with van der Waals surface area (Å²) >= 11 is 9.36. The van der Waals surface area contributed by atoms with Crippen LogP contribution in [0.1, 0.15) is 52.8 Å². The predicted octanol–water partition coefficient (Wildman–Crippen LogP) is 3.04. The van der Waals surface area contributed by atoms with E-state index in [1.807, 2.05) is 0 Å². The Kier molecular flexibility index (Phi) is 6.23. The number of aromatic amines is 1. The Balaban J connectivity index is 2.29. The molecule has 0 radical (unpaired) electrons. The minimum absolute atomic E-state index is 0.00126. The third-order valence-electron chi connectivity index (χ3n) is 4.39. The Morgan fingerprint density at radius 3 is 2.53 bits per heavy atom. The van der Waals surface area contributed by atoms with Gasteiger partial charge in [0, 0.05) is 16.3 Å². The number of halogens is 2. The molecule has 3 aromatic heterocycles. The van der Waals surface area contributed by atoms with Crippen molar-refractivity contribution in [3.8, 4) is 0 Å². The Morgan fingerprint density at radius 2 is 1.93 bits per heavy atom. The lowest BCUT2D eigenvalue weighted by atomic mass is 9.98. The van der Waals surface area contributed by atoms with Gasteiger partial charge in [-0.25, -0.2) is 14.8 Å². The van der Waals surface area contributed by atoms with Gasteiger partial charge in [0.1, 0.15) is 21.8 Å². The molecule has 30 heavy (non-hydrogen) atoms. The lowest BCUT2D eigenvalue weighted by Crippen LogP contribution is -2.38. The zero-order valence-corrected chi connectivity index (χ0v) is 18.8. The summed E-state index contributed by atoms with van der Waals surface area (Å²) < 4.78 is 1.71. The van der Waals surface area contributed by atoms with Crippen molar-refractivity contribution in [2.45, 2.75) is 33.2 Å². The molecule has 0 amide bonds. The van der Waals surface area contributed by atoms with Gasteiger partial charge in [0.2, 0.25) is 5.78 Å². The zero-order valence-electron chi connectivity index (χ0n) is 16.5. The first-order chi connectivity index (χ1) is 14.1. The highest BCUT2D eigenvalue weighted by Gasteiger charge is 2.26. The number of rotatable bonds is 5. The third kappa shape index (κ3) is 4.52. The fourth-order valence-electron chi connectivity index (χ4n) is 3.23. The van der Waals surface area contributed by atoms with Gasteiger partial charge in [-0.3, -0.25) is 19.1 Å². The highest BCUT2D eigenvalue weighted by atomic mass is 79.9. The van der Waals surface area contributed by atoms with Gasteiger partial charge >= 0.3 is 5.69 Å². The molecule has 0 fully saturated rings. The van der Waals surface area contributed by atoms with Crippen LogP contribution in [0, 0.1) is 6.92 Å². The number of ketones is 1. The number of aromatic nitrogens is 4. The van der Waals surface area contributed by atoms with Gasteiger partial charge in [-0.05, 0) is 58.6 Å². The van der Waals surface area contributed by atoms with Crippen LogP contribution in [0.15, 0.2) is 38.5 Å². The molecule has 3 N–H and O–H groups in total. The van der Waals surface area contributed by atoms with Crippen molar-refractivity contribution in [1.29, 1.82) is 0 Å². The smallest absolute Gasteiger partial charge is 0.329 e. The average molecular weight is 493 g/mol. The Labute approximate surface area is 185 Å². The molecule has 0 saturated heterocycles. The molecule has 0 unspecified atom stereocenters. The molecule has 3 aromatic rings. The van der Waals surface area contributed by atoms with E-state index in [-0.39, 0.29) is 35.2 Å². The number of pyridine rings is 2. The molecule has 0 atom stereocenters. The first kappa shape index (κ1) is 21.9. The van der Waals surface area contributed by atoms with Crippen molar-refractivity contribution < 1.29 is 4.79 Å². The van der Waals surface area contributed by atoms with Crippen LogP contribution in [0.2, 0.25) is 5.02 Å². The second-order valence-corrected chi connectivity index (χ2v) is 8.38. The number of carbonyl (C=O) groups is 1. The van der Waals surface area contributed by atoms with Gasteiger partial charge in [-0.15, -0.1) is 0 Å². The van der Waals surface area contributed by atoms with E-state index in [0.717, 1.165) is 0 Å². The van der Waals surface area contributed by atoms with E-state index in [2.05, 4.69) is 30.9 Å². The molecular formula is C20H19BrClN5O3. The first-order valence-corrected chi connectivity index (χ1v) is 10.2. The summed E-state index contributed by atoms with van der Waals surface area (Å²) in [5, 5.41) is 0.335. The van der Waals surface area contributed by atoms with Gasteiger partial charge in [0.25, 0.3) is 5.56 Å². The maximum atomic E-state index is 13.4. The first-order valence-electron chi connectivity index (χ1n) is 9.04. The van der Waals surface area contributed by atoms with Crippen molar-refractivity contribution in [1.82, 2.24) is 19.5 Å². The topological polar surface area (TPSA) is 124 Å². The highest BCUT2D eigenvalue weighted by Crippen LogP contribution is 2.21. The van der Waals surface area contributed by atoms with Gasteiger partial charge in [0.05, 0.1) is 6.54 Å². The minimum atomic E-state index is -0.710. The summed E-state index contributed by atoms with van der Waals surface area (Å²) in [4.78, 5) is 49.3. The monoisotopic (exact) mass is 491 g/mol. The predicted molar refractivity (Wildman–Crippen MR) is 118 cm³/mol. The number of H-pyrrole nitrogens is 1. The normalized spacial score (nSPS) is 11.1. The third-order valence-corrected chi connectivity index (χ3v) is 5.02. The summed E-state index contributed by atoms with van der Waals surface area (Å²) in [7, 11) is 0. The van der Waals surface area contributed by atoms with Crippen molar-refractivity contribution in [2.24, 2.45) is 0 Å². The Bertz CT molecular complexity index is 1230. The van der Waals surface area contributed by atoms with E-state index in [0.29, 0.717) is 20.9 Å². The molecule has 3 rings (SSSR count). The number of anilines is 1. The van der Waals surface area contributed by atoms with E-state index in [4.69, 9.17) is 17.3 Å². The number of aryl methyl sites for hydroxylation is 1. The molecule has 0 aliphatic carbocycles. The van der Waals surface area contributed by atoms with Crippen molar-refractivity contribution in [2.75, 3.05) is 5.73 Å². The summed E-state index contributed by atoms with van der Waals surface area (Å²) in [6.07, 6.45) is 0. The number of nitrogen functional groups attached to an aromatic ring is 1. The Morgan fingerprint density at radius 1 is 1.23 bits per heavy atom. The molecule has 156 valence electrons. The van der Waals surface area contributed by atoms with Crippen molar-refractivity contribution >= 4 is 39.1 Å². The fourth-order valence-corrected chi connectivity index (χ4v) is 3.99. The summed E-state index contributed by atoms with van der Waals surface area (Å²) in [6, 6.07) is 6.30. The van der Waals surface area contributed by atoms with Crippen LogP contribution in [-0.4, -0.2) is 25.3 Å². The van der Waals surface area contributed by atoms with Crippen molar-refractivity contribution in [3.63, 3.8) is 0 Å². The summed E-state index contributed by atoms with van der Waals surface area (Å²) in [6.45, 7) is 5.25. The van der Waals surface area contributed by atoms with Crippen LogP contribution in [-0.2, 0) is 6.54 Å². The SMILES string of the molecule is Cc1cc(Cl)cc(C(=O)c2c(C(C)C)c(=O)[nH]c(=O)n2Cc2cc(N)nc(Br)c2)n1. The zero-order chi connectivity index (χ0) is 22.2. The maximum absolute atomic E-state index is 13.4. The van der Waals surface area contributed by atoms with Crippen LogP contribution < -0.4 is 17.0 Å². The second kappa shape index (κ2) is 8.53. The number of nitrogens with one attached hydrogen (secondary N) is 1. The number of nitrogens with two attached hydrogens (primary N) is 1. The molecule has 0 aliphatic rings. The van der Waals surface area contributed by atoms with Crippen LogP contribution in [0.3, 0.4) is 0 Å². The fraction of sp³-hybridized carbons (Fsp3) is 0.250. The van der Waals surface area contributed by atoms with Crippen LogP contribution >= 0.6 is 27.5 Å². The highest BCUT2D eigenvalue weighted by molar-refractivity contribution is 9.10. The molecule has 0 spiro atoms. The van der Waals surface area contributed by atoms with E-state index in [9.17, 15) is 14.4 Å². The molecule has 3 heterocycles. The number of nitrogens with zero attached hydrogens (tertiary/aromatic N) is 3.